The van der Waals surface area contributed by atoms with Gasteiger partial charge < -0.3 is 10.6 Å². The number of nitrogens with zero attached hydrogens (tertiary/aromatic N) is 1. The third-order valence-corrected chi connectivity index (χ3v) is 2.39. The molecule has 2 rings (SSSR count). The summed E-state index contributed by atoms with van der Waals surface area (Å²) in [5.41, 5.74) is 0. The minimum absolute atomic E-state index is 0.726. The van der Waals surface area contributed by atoms with Gasteiger partial charge in [0.2, 0.25) is 0 Å². The molecule has 1 fully saturated rings. The molecule has 0 aromatic carbocycles. The van der Waals surface area contributed by atoms with Gasteiger partial charge in [-0.05, 0) is 12.1 Å². The van der Waals surface area contributed by atoms with Gasteiger partial charge in [0.05, 0.1) is 0 Å². The van der Waals surface area contributed by atoms with Crippen molar-refractivity contribution >= 4 is 17.4 Å². The van der Waals surface area contributed by atoms with E-state index in [0.717, 1.165) is 36.4 Å². The second-order valence-electron chi connectivity index (χ2n) is 3.26. The van der Waals surface area contributed by atoms with Crippen LogP contribution in [0.4, 0.5) is 5.82 Å². The molecule has 70 valence electrons. The Kier molecular flexibility index (Phi) is 2.66. The third kappa shape index (κ3) is 2.32. The van der Waals surface area contributed by atoms with Crippen LogP contribution in [0.25, 0.3) is 0 Å². The van der Waals surface area contributed by atoms with Crippen LogP contribution in [0.1, 0.15) is 0 Å². The molecule has 2 N–H and O–H groups in total. The van der Waals surface area contributed by atoms with E-state index in [2.05, 4.69) is 15.6 Å². The molecule has 1 saturated heterocycles. The Morgan fingerprint density at radius 3 is 3.08 bits per heavy atom. The smallest absolute Gasteiger partial charge is 0.127 e. The molecule has 0 amide bonds. The predicted octanol–water partition coefficient (Wildman–Crippen LogP) is 1.37. The summed E-state index contributed by atoms with van der Waals surface area (Å²) in [6, 6.07) is 3.62. The SMILES string of the molecule is Clc1ccnc(NCC2CNC2)c1. The molecule has 0 radical (unpaired) electrons. The lowest BCUT2D eigenvalue weighted by Crippen LogP contribution is -2.45. The first-order valence-electron chi connectivity index (χ1n) is 4.41. The number of aromatic nitrogens is 1. The molecule has 4 heteroatoms. The van der Waals surface area contributed by atoms with Crippen molar-refractivity contribution in [3.63, 3.8) is 0 Å². The second-order valence-corrected chi connectivity index (χ2v) is 3.70. The molecule has 2 heterocycles. The highest BCUT2D eigenvalue weighted by atomic mass is 35.5. The van der Waals surface area contributed by atoms with Crippen molar-refractivity contribution in [2.24, 2.45) is 5.92 Å². The van der Waals surface area contributed by atoms with Crippen LogP contribution in [-0.2, 0) is 0 Å². The summed E-state index contributed by atoms with van der Waals surface area (Å²) in [4.78, 5) is 4.15. The van der Waals surface area contributed by atoms with Crippen LogP contribution in [0.3, 0.4) is 0 Å². The maximum absolute atomic E-state index is 5.82. The van der Waals surface area contributed by atoms with Crippen LogP contribution in [0.15, 0.2) is 18.3 Å². The minimum atomic E-state index is 0.726. The lowest BCUT2D eigenvalue weighted by Gasteiger charge is -2.27. The zero-order valence-electron chi connectivity index (χ0n) is 7.26. The van der Waals surface area contributed by atoms with E-state index in [1.54, 1.807) is 12.3 Å². The summed E-state index contributed by atoms with van der Waals surface area (Å²) < 4.78 is 0. The molecule has 13 heavy (non-hydrogen) atoms. The number of hydrogen-bond acceptors (Lipinski definition) is 3. The van der Waals surface area contributed by atoms with Gasteiger partial charge >= 0.3 is 0 Å². The van der Waals surface area contributed by atoms with Crippen molar-refractivity contribution in [2.45, 2.75) is 0 Å². The van der Waals surface area contributed by atoms with Crippen LogP contribution < -0.4 is 10.6 Å². The van der Waals surface area contributed by atoms with Crippen LogP contribution >= 0.6 is 11.6 Å². The predicted molar refractivity (Wildman–Crippen MR) is 54.1 cm³/mol. The van der Waals surface area contributed by atoms with Crippen molar-refractivity contribution in [3.05, 3.63) is 23.4 Å². The summed E-state index contributed by atoms with van der Waals surface area (Å²) in [5.74, 6) is 1.60. The lowest BCUT2D eigenvalue weighted by molar-refractivity contribution is 0.365. The van der Waals surface area contributed by atoms with Crippen molar-refractivity contribution < 1.29 is 0 Å². The Bertz CT molecular complexity index is 286. The maximum Gasteiger partial charge on any atom is 0.127 e. The maximum atomic E-state index is 5.82. The van der Waals surface area contributed by atoms with Gasteiger partial charge in [0.1, 0.15) is 5.82 Å². The van der Waals surface area contributed by atoms with Crippen LogP contribution in [-0.4, -0.2) is 24.6 Å². The normalized spacial score (nSPS) is 16.7. The van der Waals surface area contributed by atoms with Crippen LogP contribution in [0.2, 0.25) is 5.02 Å². The Labute approximate surface area is 82.5 Å². The summed E-state index contributed by atoms with van der Waals surface area (Å²) >= 11 is 5.82. The van der Waals surface area contributed by atoms with Crippen molar-refractivity contribution in [2.75, 3.05) is 25.0 Å². The standard InChI is InChI=1S/C9H12ClN3/c10-8-1-2-12-9(3-8)13-6-7-4-11-5-7/h1-3,7,11H,4-6H2,(H,12,13). The first-order valence-corrected chi connectivity index (χ1v) is 4.78. The number of rotatable bonds is 3. The molecule has 0 bridgehead atoms. The molecular formula is C9H12ClN3. The largest absolute Gasteiger partial charge is 0.370 e. The number of anilines is 1. The third-order valence-electron chi connectivity index (χ3n) is 2.16. The average molecular weight is 198 g/mol. The lowest BCUT2D eigenvalue weighted by atomic mass is 10.0. The Morgan fingerprint density at radius 2 is 2.46 bits per heavy atom. The second kappa shape index (κ2) is 3.94. The number of halogens is 1. The van der Waals surface area contributed by atoms with E-state index >= 15 is 0 Å². The van der Waals surface area contributed by atoms with E-state index in [1.165, 1.54) is 0 Å². The minimum Gasteiger partial charge on any atom is -0.370 e. The molecule has 0 aliphatic carbocycles. The molecule has 1 aromatic rings. The van der Waals surface area contributed by atoms with E-state index in [9.17, 15) is 0 Å². The average Bonchev–Trinajstić information content (AvgIpc) is 2.01. The highest BCUT2D eigenvalue weighted by Gasteiger charge is 2.15. The Morgan fingerprint density at radius 1 is 1.62 bits per heavy atom. The monoisotopic (exact) mass is 197 g/mol. The molecule has 0 unspecified atom stereocenters. The molecular weight excluding hydrogens is 186 g/mol. The molecule has 1 aromatic heterocycles. The molecule has 1 aliphatic rings. The fourth-order valence-electron chi connectivity index (χ4n) is 1.24. The van der Waals surface area contributed by atoms with Gasteiger partial charge in [-0.3, -0.25) is 0 Å². The molecule has 0 atom stereocenters. The van der Waals surface area contributed by atoms with Crippen LogP contribution in [0, 0.1) is 5.92 Å². The quantitative estimate of drug-likeness (QED) is 0.769. The van der Waals surface area contributed by atoms with Gasteiger partial charge in [-0.15, -0.1) is 0 Å². The van der Waals surface area contributed by atoms with Gasteiger partial charge in [0, 0.05) is 36.8 Å². The Balaban J connectivity index is 1.86. The topological polar surface area (TPSA) is 37.0 Å². The zero-order chi connectivity index (χ0) is 9.10. The van der Waals surface area contributed by atoms with Gasteiger partial charge in [0.25, 0.3) is 0 Å². The fourth-order valence-corrected chi connectivity index (χ4v) is 1.40. The van der Waals surface area contributed by atoms with Crippen molar-refractivity contribution in [3.8, 4) is 0 Å². The highest BCUT2D eigenvalue weighted by molar-refractivity contribution is 6.30. The van der Waals surface area contributed by atoms with Gasteiger partial charge in [-0.2, -0.15) is 0 Å². The highest BCUT2D eigenvalue weighted by Crippen LogP contribution is 2.12. The van der Waals surface area contributed by atoms with Gasteiger partial charge in [-0.1, -0.05) is 11.6 Å². The first-order chi connectivity index (χ1) is 6.34. The van der Waals surface area contributed by atoms with E-state index in [1.807, 2.05) is 6.07 Å². The number of nitrogens with one attached hydrogen (secondary N) is 2. The molecule has 1 aliphatic heterocycles. The Hall–Kier alpha value is -0.800. The zero-order valence-corrected chi connectivity index (χ0v) is 8.01. The fraction of sp³-hybridized carbons (Fsp3) is 0.444. The number of pyridine rings is 1. The first kappa shape index (κ1) is 8.78. The van der Waals surface area contributed by atoms with Crippen molar-refractivity contribution in [1.29, 1.82) is 0 Å². The summed E-state index contributed by atoms with van der Waals surface area (Å²) in [6.45, 7) is 3.18. The van der Waals surface area contributed by atoms with E-state index in [4.69, 9.17) is 11.6 Å². The van der Waals surface area contributed by atoms with E-state index in [-0.39, 0.29) is 0 Å². The number of hydrogen-bond donors (Lipinski definition) is 2. The molecule has 3 nitrogen and oxygen atoms in total. The van der Waals surface area contributed by atoms with Crippen LogP contribution in [0.5, 0.6) is 0 Å². The van der Waals surface area contributed by atoms with Gasteiger partial charge in [-0.25, -0.2) is 4.98 Å². The van der Waals surface area contributed by atoms with E-state index < -0.39 is 0 Å². The summed E-state index contributed by atoms with van der Waals surface area (Å²) in [5, 5.41) is 7.20. The summed E-state index contributed by atoms with van der Waals surface area (Å²) in [6.07, 6.45) is 1.71. The van der Waals surface area contributed by atoms with Crippen molar-refractivity contribution in [1.82, 2.24) is 10.3 Å². The molecule has 0 spiro atoms. The molecule has 0 saturated carbocycles. The van der Waals surface area contributed by atoms with E-state index in [0.29, 0.717) is 0 Å². The summed E-state index contributed by atoms with van der Waals surface area (Å²) in [7, 11) is 0. The van der Waals surface area contributed by atoms with Gasteiger partial charge in [0.15, 0.2) is 0 Å².